The van der Waals surface area contributed by atoms with Crippen molar-refractivity contribution in [2.24, 2.45) is 0 Å². The fourth-order valence-electron chi connectivity index (χ4n) is 1.85. The molecule has 0 fully saturated rings. The Bertz CT molecular complexity index is 361. The summed E-state index contributed by atoms with van der Waals surface area (Å²) in [5, 5.41) is 46.6. The summed E-state index contributed by atoms with van der Waals surface area (Å²) in [6, 6.07) is 0. The van der Waals surface area contributed by atoms with Crippen molar-refractivity contribution in [1.29, 1.82) is 0 Å². The summed E-state index contributed by atoms with van der Waals surface area (Å²) in [4.78, 5) is 1.27. The van der Waals surface area contributed by atoms with Crippen molar-refractivity contribution in [2.75, 3.05) is 32.9 Å². The van der Waals surface area contributed by atoms with E-state index in [-0.39, 0.29) is 19.6 Å². The number of hydrogen-bond acceptors (Lipinski definition) is 8. The highest BCUT2D eigenvalue weighted by molar-refractivity contribution is 7.86. The van der Waals surface area contributed by atoms with Crippen molar-refractivity contribution < 1.29 is 38.5 Å². The third kappa shape index (κ3) is 4.90. The molecule has 10 heteroatoms. The zero-order chi connectivity index (χ0) is 16.0. The predicted octanol–water partition coefficient (Wildman–Crippen LogP) is -3.02. The number of hydrogen-bond donors (Lipinski definition) is 6. The second-order valence-corrected chi connectivity index (χ2v) is 6.05. The standard InChI is InChI=1S/C10H23NO8S/c1-2-10(6-13,7-14)11(3-4-12)5-8(15)9(16)20(17,18)19/h8-9,12-16H,2-7H2,1H3,(H,17,18,19). The molecule has 0 aromatic carbocycles. The highest BCUT2D eigenvalue weighted by Crippen LogP contribution is 2.20. The Balaban J connectivity index is 5.12. The molecule has 9 nitrogen and oxygen atoms in total. The lowest BCUT2D eigenvalue weighted by atomic mass is 9.95. The fraction of sp³-hybridized carbons (Fsp3) is 1.00. The van der Waals surface area contributed by atoms with E-state index in [2.05, 4.69) is 0 Å². The van der Waals surface area contributed by atoms with E-state index in [9.17, 15) is 28.8 Å². The Morgan fingerprint density at radius 3 is 1.95 bits per heavy atom. The molecule has 0 aliphatic rings. The van der Waals surface area contributed by atoms with Gasteiger partial charge in [0.15, 0.2) is 0 Å². The third-order valence-corrected chi connectivity index (χ3v) is 4.25. The van der Waals surface area contributed by atoms with Crippen LogP contribution in [0.3, 0.4) is 0 Å². The van der Waals surface area contributed by atoms with Gasteiger partial charge < -0.3 is 25.5 Å². The molecule has 0 radical (unpaired) electrons. The Labute approximate surface area is 117 Å². The summed E-state index contributed by atoms with van der Waals surface area (Å²) in [5.74, 6) is 0. The topological polar surface area (TPSA) is 159 Å². The Hall–Kier alpha value is -0.330. The summed E-state index contributed by atoms with van der Waals surface area (Å²) in [7, 11) is -4.84. The second-order valence-electron chi connectivity index (χ2n) is 4.54. The number of aliphatic hydroxyl groups is 5. The van der Waals surface area contributed by atoms with E-state index in [0.717, 1.165) is 0 Å². The van der Waals surface area contributed by atoms with Gasteiger partial charge in [-0.2, -0.15) is 8.42 Å². The van der Waals surface area contributed by atoms with Crippen molar-refractivity contribution >= 4 is 10.1 Å². The SMILES string of the molecule is CCC(CO)(CO)N(CCO)CC(O)C(O)S(=O)(=O)O. The minimum absolute atomic E-state index is 0.0653. The van der Waals surface area contributed by atoms with E-state index in [1.54, 1.807) is 6.92 Å². The van der Waals surface area contributed by atoms with Gasteiger partial charge in [-0.15, -0.1) is 0 Å². The van der Waals surface area contributed by atoms with Gasteiger partial charge in [0.2, 0.25) is 5.44 Å². The largest absolute Gasteiger partial charge is 0.395 e. The van der Waals surface area contributed by atoms with E-state index >= 15 is 0 Å². The zero-order valence-electron chi connectivity index (χ0n) is 11.3. The van der Waals surface area contributed by atoms with Gasteiger partial charge in [0, 0.05) is 13.1 Å². The Kier molecular flexibility index (Phi) is 8.06. The lowest BCUT2D eigenvalue weighted by Crippen LogP contribution is -2.58. The van der Waals surface area contributed by atoms with Crippen LogP contribution in [0.4, 0.5) is 0 Å². The number of rotatable bonds is 10. The van der Waals surface area contributed by atoms with Crippen LogP contribution in [0.1, 0.15) is 13.3 Å². The van der Waals surface area contributed by atoms with Crippen LogP contribution in [0.25, 0.3) is 0 Å². The minimum atomic E-state index is -4.84. The molecule has 0 aromatic heterocycles. The quantitative estimate of drug-likeness (QED) is 0.231. The Morgan fingerprint density at radius 1 is 1.15 bits per heavy atom. The normalized spacial score (nSPS) is 16.4. The second kappa shape index (κ2) is 8.20. The molecular weight excluding hydrogens is 294 g/mol. The molecule has 6 N–H and O–H groups in total. The summed E-state index contributed by atoms with van der Waals surface area (Å²) in [6.07, 6.45) is -1.60. The summed E-state index contributed by atoms with van der Waals surface area (Å²) in [5.41, 5.74) is -3.58. The van der Waals surface area contributed by atoms with Crippen LogP contribution in [0.2, 0.25) is 0 Å². The molecule has 0 saturated carbocycles. The fourth-order valence-corrected chi connectivity index (χ4v) is 2.34. The zero-order valence-corrected chi connectivity index (χ0v) is 12.1. The summed E-state index contributed by atoms with van der Waals surface area (Å²) < 4.78 is 30.2. The molecule has 0 aliphatic heterocycles. The van der Waals surface area contributed by atoms with Crippen molar-refractivity contribution in [3.63, 3.8) is 0 Å². The van der Waals surface area contributed by atoms with Crippen LogP contribution in [-0.2, 0) is 10.1 Å². The summed E-state index contributed by atoms with van der Waals surface area (Å²) >= 11 is 0. The number of β-amino-alcohol motifs (C(OH)–C–C–N with tert-alkyl or cyclic N) is 2. The number of nitrogens with zero attached hydrogens (tertiary/aromatic N) is 1. The van der Waals surface area contributed by atoms with Crippen LogP contribution in [0.15, 0.2) is 0 Å². The molecule has 0 aliphatic carbocycles. The molecule has 0 bridgehead atoms. The van der Waals surface area contributed by atoms with Gasteiger partial charge in [-0.25, -0.2) is 0 Å². The molecule has 2 unspecified atom stereocenters. The summed E-state index contributed by atoms with van der Waals surface area (Å²) in [6.45, 7) is -0.219. The molecule has 2 atom stereocenters. The van der Waals surface area contributed by atoms with Crippen molar-refractivity contribution in [2.45, 2.75) is 30.4 Å². The van der Waals surface area contributed by atoms with Gasteiger partial charge in [0.05, 0.1) is 25.4 Å². The first-order valence-corrected chi connectivity index (χ1v) is 7.59. The first kappa shape index (κ1) is 19.7. The maximum absolute atomic E-state index is 10.7. The van der Waals surface area contributed by atoms with Crippen LogP contribution in [0.5, 0.6) is 0 Å². The molecule has 0 aromatic rings. The van der Waals surface area contributed by atoms with E-state index in [4.69, 9.17) is 9.66 Å². The van der Waals surface area contributed by atoms with E-state index in [1.807, 2.05) is 0 Å². The lowest BCUT2D eigenvalue weighted by Gasteiger charge is -2.42. The van der Waals surface area contributed by atoms with E-state index in [0.29, 0.717) is 0 Å². The first-order chi connectivity index (χ1) is 9.18. The van der Waals surface area contributed by atoms with Gasteiger partial charge in [-0.1, -0.05) is 6.92 Å². The van der Waals surface area contributed by atoms with Crippen molar-refractivity contribution in [3.8, 4) is 0 Å². The highest BCUT2D eigenvalue weighted by atomic mass is 32.2. The third-order valence-electron chi connectivity index (χ3n) is 3.33. The Morgan fingerprint density at radius 2 is 1.65 bits per heavy atom. The number of aliphatic hydroxyl groups excluding tert-OH is 5. The van der Waals surface area contributed by atoms with Crippen molar-refractivity contribution in [1.82, 2.24) is 4.90 Å². The van der Waals surface area contributed by atoms with Crippen LogP contribution in [-0.4, -0.2) is 93.4 Å². The highest BCUT2D eigenvalue weighted by Gasteiger charge is 2.38. The molecule has 0 heterocycles. The van der Waals surface area contributed by atoms with Crippen LogP contribution >= 0.6 is 0 Å². The van der Waals surface area contributed by atoms with Gasteiger partial charge in [-0.05, 0) is 6.42 Å². The van der Waals surface area contributed by atoms with Gasteiger partial charge in [0.1, 0.15) is 6.10 Å². The smallest absolute Gasteiger partial charge is 0.294 e. The van der Waals surface area contributed by atoms with Crippen LogP contribution < -0.4 is 0 Å². The first-order valence-electron chi connectivity index (χ1n) is 6.08. The van der Waals surface area contributed by atoms with Gasteiger partial charge in [-0.3, -0.25) is 9.45 Å². The van der Waals surface area contributed by atoms with Gasteiger partial charge >= 0.3 is 0 Å². The minimum Gasteiger partial charge on any atom is -0.395 e. The molecule has 20 heavy (non-hydrogen) atoms. The maximum Gasteiger partial charge on any atom is 0.294 e. The lowest BCUT2D eigenvalue weighted by molar-refractivity contribution is -0.0562. The molecule has 0 saturated heterocycles. The van der Waals surface area contributed by atoms with Gasteiger partial charge in [0.25, 0.3) is 10.1 Å². The molecular formula is C10H23NO8S. The van der Waals surface area contributed by atoms with Crippen LogP contribution in [0, 0.1) is 0 Å². The predicted molar refractivity (Wildman–Crippen MR) is 69.4 cm³/mol. The monoisotopic (exact) mass is 317 g/mol. The average molecular weight is 317 g/mol. The molecule has 0 rings (SSSR count). The van der Waals surface area contributed by atoms with E-state index < -0.39 is 47.0 Å². The maximum atomic E-state index is 10.7. The van der Waals surface area contributed by atoms with Crippen molar-refractivity contribution in [3.05, 3.63) is 0 Å². The van der Waals surface area contributed by atoms with E-state index in [1.165, 1.54) is 4.90 Å². The molecule has 0 amide bonds. The molecule has 122 valence electrons. The average Bonchev–Trinajstić information content (AvgIpc) is 2.39. The molecule has 0 spiro atoms.